The lowest BCUT2D eigenvalue weighted by atomic mass is 10.0. The Balaban J connectivity index is 0.00000225. The number of hydrogen-bond donors (Lipinski definition) is 2. The number of rotatable bonds is 4. The van der Waals surface area contributed by atoms with Crippen molar-refractivity contribution in [2.24, 2.45) is 5.73 Å². The molecule has 0 amide bonds. The Labute approximate surface area is 109 Å². The summed E-state index contributed by atoms with van der Waals surface area (Å²) in [5, 5.41) is 9.66. The molecule has 5 heteroatoms. The van der Waals surface area contributed by atoms with Crippen LogP contribution in [-0.4, -0.2) is 5.11 Å². The van der Waals surface area contributed by atoms with E-state index in [9.17, 15) is 9.50 Å². The van der Waals surface area contributed by atoms with Crippen LogP contribution in [0.25, 0.3) is 0 Å². The Bertz CT molecular complexity index is 373. The van der Waals surface area contributed by atoms with Crippen LogP contribution in [0.15, 0.2) is 29.3 Å². The van der Waals surface area contributed by atoms with Crippen LogP contribution in [-0.2, 0) is 0 Å². The van der Waals surface area contributed by atoms with Gasteiger partial charge in [0.1, 0.15) is 11.6 Å². The average molecular weight is 311 g/mol. The van der Waals surface area contributed by atoms with Gasteiger partial charge < -0.3 is 10.8 Å². The smallest absolute Gasteiger partial charge is 0.137 e. The summed E-state index contributed by atoms with van der Waals surface area (Å²) in [5.41, 5.74) is 5.94. The van der Waals surface area contributed by atoms with Gasteiger partial charge in [-0.25, -0.2) is 4.39 Å². The van der Waals surface area contributed by atoms with E-state index in [0.717, 1.165) is 0 Å². The second-order valence-electron chi connectivity index (χ2n) is 3.26. The first-order valence-electron chi connectivity index (χ1n) is 4.61. The quantitative estimate of drug-likeness (QED) is 0.833. The lowest BCUT2D eigenvalue weighted by Gasteiger charge is -2.14. The van der Waals surface area contributed by atoms with Crippen LogP contribution in [0, 0.1) is 5.82 Å². The number of hydrogen-bond acceptors (Lipinski definition) is 2. The normalized spacial score (nSPS) is 11.7. The number of aromatic hydroxyl groups is 1. The van der Waals surface area contributed by atoms with E-state index in [1.54, 1.807) is 6.08 Å². The fraction of sp³-hybridized carbons (Fsp3) is 0.273. The molecular weight excluding hydrogens is 296 g/mol. The van der Waals surface area contributed by atoms with Crippen molar-refractivity contribution in [2.45, 2.75) is 18.9 Å². The van der Waals surface area contributed by atoms with Crippen molar-refractivity contribution in [3.8, 4) is 5.75 Å². The van der Waals surface area contributed by atoms with Gasteiger partial charge in [0.05, 0.1) is 4.47 Å². The van der Waals surface area contributed by atoms with Crippen LogP contribution in [0.4, 0.5) is 4.39 Å². The predicted octanol–water partition coefficient (Wildman–Crippen LogP) is 3.68. The first-order valence-corrected chi connectivity index (χ1v) is 5.40. The molecule has 0 unspecified atom stereocenters. The molecule has 0 saturated carbocycles. The van der Waals surface area contributed by atoms with E-state index in [0.29, 0.717) is 17.3 Å². The summed E-state index contributed by atoms with van der Waals surface area (Å²) in [7, 11) is 0. The second-order valence-corrected chi connectivity index (χ2v) is 4.12. The highest BCUT2D eigenvalue weighted by molar-refractivity contribution is 9.10. The van der Waals surface area contributed by atoms with Crippen LogP contribution >= 0.6 is 28.3 Å². The molecule has 0 heterocycles. The summed E-state index contributed by atoms with van der Waals surface area (Å²) >= 11 is 3.12. The molecule has 16 heavy (non-hydrogen) atoms. The molecule has 1 atom stereocenters. The molecule has 0 spiro atoms. The third-order valence-electron chi connectivity index (χ3n) is 2.17. The predicted molar refractivity (Wildman–Crippen MR) is 69.4 cm³/mol. The second kappa shape index (κ2) is 6.89. The zero-order valence-corrected chi connectivity index (χ0v) is 11.0. The lowest BCUT2D eigenvalue weighted by Crippen LogP contribution is -2.12. The van der Waals surface area contributed by atoms with Gasteiger partial charge in [-0.1, -0.05) is 6.08 Å². The third-order valence-corrected chi connectivity index (χ3v) is 2.81. The van der Waals surface area contributed by atoms with Gasteiger partial charge in [0.25, 0.3) is 0 Å². The molecule has 0 saturated heterocycles. The SMILES string of the molecule is C=CCC[C@H](N)c1c(F)ccc(Br)c1O.Cl. The largest absolute Gasteiger partial charge is 0.506 e. The lowest BCUT2D eigenvalue weighted by molar-refractivity contribution is 0.442. The van der Waals surface area contributed by atoms with Crippen LogP contribution < -0.4 is 5.73 Å². The zero-order valence-electron chi connectivity index (χ0n) is 8.62. The fourth-order valence-electron chi connectivity index (χ4n) is 1.35. The van der Waals surface area contributed by atoms with E-state index in [2.05, 4.69) is 22.5 Å². The minimum atomic E-state index is -0.513. The van der Waals surface area contributed by atoms with E-state index < -0.39 is 11.9 Å². The van der Waals surface area contributed by atoms with E-state index in [1.165, 1.54) is 12.1 Å². The summed E-state index contributed by atoms with van der Waals surface area (Å²) in [6.07, 6.45) is 2.96. The third kappa shape index (κ3) is 3.47. The molecule has 1 rings (SSSR count). The fourth-order valence-corrected chi connectivity index (χ4v) is 1.70. The number of halogens is 3. The molecule has 1 aromatic carbocycles. The van der Waals surface area contributed by atoms with E-state index in [1.807, 2.05) is 0 Å². The van der Waals surface area contributed by atoms with Crippen LogP contribution in [0.5, 0.6) is 5.75 Å². The molecule has 0 aliphatic rings. The maximum absolute atomic E-state index is 13.4. The van der Waals surface area contributed by atoms with Gasteiger partial charge >= 0.3 is 0 Å². The van der Waals surface area contributed by atoms with Gasteiger partial charge in [0.15, 0.2) is 0 Å². The van der Waals surface area contributed by atoms with Crippen molar-refractivity contribution in [1.82, 2.24) is 0 Å². The van der Waals surface area contributed by atoms with E-state index in [4.69, 9.17) is 5.73 Å². The Hall–Kier alpha value is -0.580. The van der Waals surface area contributed by atoms with Crippen molar-refractivity contribution in [1.29, 1.82) is 0 Å². The molecule has 0 aliphatic heterocycles. The van der Waals surface area contributed by atoms with Crippen LogP contribution in [0.3, 0.4) is 0 Å². The first-order chi connectivity index (χ1) is 7.07. The van der Waals surface area contributed by atoms with E-state index in [-0.39, 0.29) is 23.7 Å². The number of phenolic OH excluding ortho intramolecular Hbond substituents is 1. The Morgan fingerprint density at radius 3 is 2.75 bits per heavy atom. The number of benzene rings is 1. The molecular formula is C11H14BrClFNO. The molecule has 0 aromatic heterocycles. The highest BCUT2D eigenvalue weighted by Crippen LogP contribution is 2.34. The molecule has 0 fully saturated rings. The molecule has 3 N–H and O–H groups in total. The summed E-state index contributed by atoms with van der Waals surface area (Å²) in [6.45, 7) is 3.57. The Kier molecular flexibility index (Phi) is 6.64. The van der Waals surface area contributed by atoms with Gasteiger partial charge in [-0.3, -0.25) is 0 Å². The minimum Gasteiger partial charge on any atom is -0.506 e. The average Bonchev–Trinajstić information content (AvgIpc) is 2.21. The maximum atomic E-state index is 13.4. The molecule has 0 aliphatic carbocycles. The number of allylic oxidation sites excluding steroid dienone is 1. The zero-order chi connectivity index (χ0) is 11.4. The highest BCUT2D eigenvalue weighted by Gasteiger charge is 2.17. The molecule has 90 valence electrons. The van der Waals surface area contributed by atoms with Gasteiger partial charge in [-0.15, -0.1) is 19.0 Å². The van der Waals surface area contributed by atoms with Gasteiger partial charge in [-0.2, -0.15) is 0 Å². The van der Waals surface area contributed by atoms with Crippen LogP contribution in [0.2, 0.25) is 0 Å². The Morgan fingerprint density at radius 1 is 1.56 bits per heavy atom. The topological polar surface area (TPSA) is 46.2 Å². The highest BCUT2D eigenvalue weighted by atomic mass is 79.9. The first kappa shape index (κ1) is 15.4. The van der Waals surface area contributed by atoms with Crippen molar-refractivity contribution in [3.05, 3.63) is 40.6 Å². The Morgan fingerprint density at radius 2 is 2.19 bits per heavy atom. The molecule has 2 nitrogen and oxygen atoms in total. The molecule has 0 radical (unpaired) electrons. The minimum absolute atomic E-state index is 0. The number of phenols is 1. The molecule has 0 bridgehead atoms. The summed E-state index contributed by atoms with van der Waals surface area (Å²) < 4.78 is 13.9. The van der Waals surface area contributed by atoms with Crippen molar-refractivity contribution < 1.29 is 9.50 Å². The molecule has 1 aromatic rings. The van der Waals surface area contributed by atoms with Gasteiger partial charge in [-0.05, 0) is 40.9 Å². The van der Waals surface area contributed by atoms with E-state index >= 15 is 0 Å². The summed E-state index contributed by atoms with van der Waals surface area (Å²) in [5.74, 6) is -0.598. The summed E-state index contributed by atoms with van der Waals surface area (Å²) in [6, 6.07) is 2.22. The van der Waals surface area contributed by atoms with Gasteiger partial charge in [0.2, 0.25) is 0 Å². The van der Waals surface area contributed by atoms with Crippen molar-refractivity contribution in [3.63, 3.8) is 0 Å². The number of nitrogens with two attached hydrogens (primary N) is 1. The van der Waals surface area contributed by atoms with Gasteiger partial charge in [0, 0.05) is 11.6 Å². The maximum Gasteiger partial charge on any atom is 0.137 e. The standard InChI is InChI=1S/C11H13BrFNO.ClH/c1-2-3-4-9(14)10-8(13)6-5-7(12)11(10)15;/h2,5-6,9,15H,1,3-4,14H2;1H/t9-;/m0./s1. The van der Waals surface area contributed by atoms with Crippen molar-refractivity contribution >= 4 is 28.3 Å². The summed E-state index contributed by atoms with van der Waals surface area (Å²) in [4.78, 5) is 0. The van der Waals surface area contributed by atoms with Crippen molar-refractivity contribution in [2.75, 3.05) is 0 Å². The van der Waals surface area contributed by atoms with Crippen LogP contribution in [0.1, 0.15) is 24.4 Å². The monoisotopic (exact) mass is 309 g/mol.